The Labute approximate surface area is 113 Å². The first-order chi connectivity index (χ1) is 9.25. The highest BCUT2D eigenvalue weighted by Gasteiger charge is 2.17. The Morgan fingerprint density at radius 2 is 2.05 bits per heavy atom. The van der Waals surface area contributed by atoms with Crippen LogP contribution in [0.4, 0.5) is 0 Å². The van der Waals surface area contributed by atoms with Crippen molar-refractivity contribution in [2.24, 2.45) is 5.10 Å². The number of nitrogens with one attached hydrogen (secondary N) is 2. The van der Waals surface area contributed by atoms with E-state index in [1.54, 1.807) is 0 Å². The summed E-state index contributed by atoms with van der Waals surface area (Å²) in [4.78, 5) is 25.1. The minimum atomic E-state index is -0.154. The Kier molecular flexibility index (Phi) is 5.32. The van der Waals surface area contributed by atoms with Crippen molar-refractivity contribution in [2.45, 2.75) is 38.5 Å². The second-order valence-electron chi connectivity index (χ2n) is 5.11. The molecule has 0 aromatic heterocycles. The summed E-state index contributed by atoms with van der Waals surface area (Å²) in [6.45, 7) is 4.09. The Morgan fingerprint density at radius 1 is 1.26 bits per heavy atom. The molecule has 0 aliphatic carbocycles. The van der Waals surface area contributed by atoms with Crippen molar-refractivity contribution >= 4 is 17.5 Å². The Morgan fingerprint density at radius 3 is 2.74 bits per heavy atom. The molecule has 1 fully saturated rings. The van der Waals surface area contributed by atoms with Gasteiger partial charge in [0.25, 0.3) is 5.91 Å². The topological polar surface area (TPSA) is 73.8 Å². The summed E-state index contributed by atoms with van der Waals surface area (Å²) in [7, 11) is 0. The molecule has 2 N–H and O–H groups in total. The van der Waals surface area contributed by atoms with Crippen LogP contribution in [0, 0.1) is 0 Å². The zero-order valence-corrected chi connectivity index (χ0v) is 11.3. The van der Waals surface area contributed by atoms with Gasteiger partial charge in [-0.15, -0.1) is 0 Å². The number of nitrogens with zero attached hydrogens (tertiary/aromatic N) is 2. The predicted molar refractivity (Wildman–Crippen MR) is 72.7 cm³/mol. The molecule has 6 nitrogen and oxygen atoms in total. The first-order valence-corrected chi connectivity index (χ1v) is 7.11. The molecule has 1 saturated heterocycles. The van der Waals surface area contributed by atoms with E-state index < -0.39 is 0 Å². The van der Waals surface area contributed by atoms with E-state index in [1.807, 2.05) is 0 Å². The van der Waals surface area contributed by atoms with Gasteiger partial charge in [-0.05, 0) is 38.9 Å². The number of hydrogen-bond donors (Lipinski definition) is 2. The van der Waals surface area contributed by atoms with Crippen LogP contribution in [0.2, 0.25) is 0 Å². The molecular weight excluding hydrogens is 244 g/mol. The SMILES string of the molecule is O=C1CCC(C(=O)NCCCN2CCCCC2)=NN1. The lowest BCUT2D eigenvalue weighted by atomic mass is 10.1. The fourth-order valence-corrected chi connectivity index (χ4v) is 2.43. The largest absolute Gasteiger partial charge is 0.351 e. The molecule has 2 aliphatic heterocycles. The quantitative estimate of drug-likeness (QED) is 0.700. The number of amides is 2. The molecule has 0 aromatic carbocycles. The number of piperidine rings is 1. The number of hydrogen-bond acceptors (Lipinski definition) is 4. The van der Waals surface area contributed by atoms with Gasteiger partial charge in [0.2, 0.25) is 5.91 Å². The van der Waals surface area contributed by atoms with Gasteiger partial charge in [-0.3, -0.25) is 9.59 Å². The lowest BCUT2D eigenvalue weighted by molar-refractivity contribution is -0.121. The minimum Gasteiger partial charge on any atom is -0.351 e. The van der Waals surface area contributed by atoms with Gasteiger partial charge in [0.1, 0.15) is 5.71 Å². The standard InChI is InChI=1S/C13H22N4O2/c18-12-6-5-11(15-16-12)13(19)14-7-4-10-17-8-2-1-3-9-17/h1-10H2,(H,14,19)(H,16,18). The smallest absolute Gasteiger partial charge is 0.267 e. The molecular formula is C13H22N4O2. The van der Waals surface area contributed by atoms with Crippen LogP contribution in [0.25, 0.3) is 0 Å². The van der Waals surface area contributed by atoms with Gasteiger partial charge in [-0.25, -0.2) is 5.43 Å². The van der Waals surface area contributed by atoms with E-state index in [1.165, 1.54) is 32.4 Å². The van der Waals surface area contributed by atoms with Crippen molar-refractivity contribution in [3.8, 4) is 0 Å². The molecule has 0 saturated carbocycles. The highest BCUT2D eigenvalue weighted by atomic mass is 16.2. The molecule has 0 radical (unpaired) electrons. The van der Waals surface area contributed by atoms with Crippen LogP contribution in [0.1, 0.15) is 38.5 Å². The van der Waals surface area contributed by atoms with Gasteiger partial charge in [0, 0.05) is 19.4 Å². The molecule has 2 aliphatic rings. The van der Waals surface area contributed by atoms with Crippen LogP contribution in [0.3, 0.4) is 0 Å². The van der Waals surface area contributed by atoms with Gasteiger partial charge in [-0.1, -0.05) is 6.42 Å². The maximum Gasteiger partial charge on any atom is 0.267 e. The molecule has 2 rings (SSSR count). The second kappa shape index (κ2) is 7.23. The zero-order valence-electron chi connectivity index (χ0n) is 11.3. The van der Waals surface area contributed by atoms with Crippen molar-refractivity contribution in [3.63, 3.8) is 0 Å². The van der Waals surface area contributed by atoms with Crippen molar-refractivity contribution in [1.82, 2.24) is 15.6 Å². The molecule has 0 atom stereocenters. The van der Waals surface area contributed by atoms with E-state index in [0.717, 1.165) is 13.0 Å². The lowest BCUT2D eigenvalue weighted by Gasteiger charge is -2.26. The first-order valence-electron chi connectivity index (χ1n) is 7.11. The lowest BCUT2D eigenvalue weighted by Crippen LogP contribution is -2.38. The summed E-state index contributed by atoms with van der Waals surface area (Å²) in [6.07, 6.45) is 5.68. The predicted octanol–water partition coefficient (Wildman–Crippen LogP) is 0.245. The summed E-state index contributed by atoms with van der Waals surface area (Å²) in [5, 5.41) is 6.63. The van der Waals surface area contributed by atoms with E-state index in [2.05, 4.69) is 20.7 Å². The zero-order chi connectivity index (χ0) is 13.5. The highest BCUT2D eigenvalue weighted by Crippen LogP contribution is 2.08. The van der Waals surface area contributed by atoms with Gasteiger partial charge < -0.3 is 10.2 Å². The molecule has 2 heterocycles. The summed E-state index contributed by atoms with van der Waals surface area (Å²) in [5.41, 5.74) is 2.76. The summed E-state index contributed by atoms with van der Waals surface area (Å²) in [6, 6.07) is 0. The van der Waals surface area contributed by atoms with E-state index in [4.69, 9.17) is 0 Å². The second-order valence-corrected chi connectivity index (χ2v) is 5.11. The van der Waals surface area contributed by atoms with E-state index in [-0.39, 0.29) is 11.8 Å². The van der Waals surface area contributed by atoms with Crippen molar-refractivity contribution in [2.75, 3.05) is 26.2 Å². The van der Waals surface area contributed by atoms with Crippen molar-refractivity contribution in [1.29, 1.82) is 0 Å². The summed E-state index contributed by atoms with van der Waals surface area (Å²) < 4.78 is 0. The fourth-order valence-electron chi connectivity index (χ4n) is 2.43. The van der Waals surface area contributed by atoms with Crippen LogP contribution >= 0.6 is 0 Å². The third kappa shape index (κ3) is 4.63. The van der Waals surface area contributed by atoms with E-state index in [0.29, 0.717) is 25.1 Å². The third-order valence-electron chi connectivity index (χ3n) is 3.55. The van der Waals surface area contributed by atoms with Gasteiger partial charge in [0.15, 0.2) is 0 Å². The number of rotatable bonds is 5. The van der Waals surface area contributed by atoms with Crippen LogP contribution in [-0.4, -0.2) is 48.6 Å². The van der Waals surface area contributed by atoms with Crippen molar-refractivity contribution in [3.05, 3.63) is 0 Å². The maximum absolute atomic E-state index is 11.7. The van der Waals surface area contributed by atoms with Crippen LogP contribution < -0.4 is 10.7 Å². The van der Waals surface area contributed by atoms with E-state index >= 15 is 0 Å². The Balaban J connectivity index is 1.60. The van der Waals surface area contributed by atoms with Gasteiger partial charge in [0.05, 0.1) is 0 Å². The first kappa shape index (κ1) is 14.0. The normalized spacial score (nSPS) is 20.6. The minimum absolute atomic E-state index is 0.123. The molecule has 6 heteroatoms. The summed E-state index contributed by atoms with van der Waals surface area (Å²) >= 11 is 0. The van der Waals surface area contributed by atoms with Gasteiger partial charge >= 0.3 is 0 Å². The monoisotopic (exact) mass is 266 g/mol. The van der Waals surface area contributed by atoms with Crippen molar-refractivity contribution < 1.29 is 9.59 Å². The number of carbonyl (C=O) groups is 2. The molecule has 0 spiro atoms. The van der Waals surface area contributed by atoms with E-state index in [9.17, 15) is 9.59 Å². The molecule has 0 unspecified atom stereocenters. The fraction of sp³-hybridized carbons (Fsp3) is 0.769. The molecule has 19 heavy (non-hydrogen) atoms. The summed E-state index contributed by atoms with van der Waals surface area (Å²) in [5.74, 6) is -0.278. The molecule has 106 valence electrons. The third-order valence-corrected chi connectivity index (χ3v) is 3.55. The number of hydrazone groups is 1. The van der Waals surface area contributed by atoms with Crippen LogP contribution in [0.5, 0.6) is 0 Å². The number of carbonyl (C=O) groups excluding carboxylic acids is 2. The molecule has 0 bridgehead atoms. The molecule has 0 aromatic rings. The number of likely N-dealkylation sites (tertiary alicyclic amines) is 1. The Hall–Kier alpha value is -1.43. The maximum atomic E-state index is 11.7. The molecule has 2 amide bonds. The highest BCUT2D eigenvalue weighted by molar-refractivity contribution is 6.39. The average Bonchev–Trinajstić information content (AvgIpc) is 2.45. The average molecular weight is 266 g/mol. The van der Waals surface area contributed by atoms with Crippen LogP contribution in [0.15, 0.2) is 5.10 Å². The van der Waals surface area contributed by atoms with Crippen LogP contribution in [-0.2, 0) is 9.59 Å². The van der Waals surface area contributed by atoms with Gasteiger partial charge in [-0.2, -0.15) is 5.10 Å². The Bertz CT molecular complexity index is 362.